The number of aryl methyl sites for hydroxylation is 1. The molecule has 0 aliphatic carbocycles. The van der Waals surface area contributed by atoms with E-state index in [1.54, 1.807) is 29.1 Å². The molecule has 0 aliphatic heterocycles. The van der Waals surface area contributed by atoms with Crippen molar-refractivity contribution in [1.29, 1.82) is 0 Å². The number of furan rings is 1. The topological polar surface area (TPSA) is 85.8 Å². The lowest BCUT2D eigenvalue weighted by molar-refractivity contribution is 0.101. The first-order chi connectivity index (χ1) is 12.2. The van der Waals surface area contributed by atoms with Crippen LogP contribution in [0.4, 0.5) is 5.13 Å². The second-order valence-electron chi connectivity index (χ2n) is 5.22. The second kappa shape index (κ2) is 6.33. The summed E-state index contributed by atoms with van der Waals surface area (Å²) in [5.41, 5.74) is 1.73. The molecule has 4 aromatic rings. The highest BCUT2D eigenvalue weighted by molar-refractivity contribution is 7.15. The van der Waals surface area contributed by atoms with Gasteiger partial charge >= 0.3 is 0 Å². The Labute approximate surface area is 146 Å². The number of anilines is 1. The fraction of sp³-hybridized carbons (Fsp3) is 0.0588. The van der Waals surface area contributed by atoms with Crippen LogP contribution in [-0.2, 0) is 0 Å². The molecule has 3 aromatic heterocycles. The predicted octanol–water partition coefficient (Wildman–Crippen LogP) is 3.54. The highest BCUT2D eigenvalue weighted by atomic mass is 32.1. The zero-order valence-corrected chi connectivity index (χ0v) is 14.0. The molecular weight excluding hydrogens is 338 g/mol. The highest BCUT2D eigenvalue weighted by Gasteiger charge is 2.19. The third-order valence-corrected chi connectivity index (χ3v) is 4.22. The van der Waals surface area contributed by atoms with Crippen LogP contribution < -0.4 is 5.32 Å². The zero-order valence-electron chi connectivity index (χ0n) is 13.2. The SMILES string of the molecule is Cc1nnc(NC(=O)c2cc(-c3ccco3)nn2-c2ccccc2)s1. The fourth-order valence-electron chi connectivity index (χ4n) is 2.36. The van der Waals surface area contributed by atoms with Crippen LogP contribution in [0.15, 0.2) is 59.2 Å². The first kappa shape index (κ1) is 15.3. The number of hydrogen-bond donors (Lipinski definition) is 1. The molecule has 8 heteroatoms. The first-order valence-electron chi connectivity index (χ1n) is 7.51. The van der Waals surface area contributed by atoms with Gasteiger partial charge in [-0.2, -0.15) is 5.10 Å². The number of nitrogens with zero attached hydrogens (tertiary/aromatic N) is 4. The predicted molar refractivity (Wildman–Crippen MR) is 93.9 cm³/mol. The van der Waals surface area contributed by atoms with Crippen molar-refractivity contribution in [3.05, 3.63) is 65.5 Å². The minimum atomic E-state index is -0.315. The number of para-hydroxylation sites is 1. The van der Waals surface area contributed by atoms with Gasteiger partial charge in [0.2, 0.25) is 5.13 Å². The van der Waals surface area contributed by atoms with Crippen LogP contribution in [0.25, 0.3) is 17.1 Å². The lowest BCUT2D eigenvalue weighted by atomic mass is 10.2. The molecule has 0 bridgehead atoms. The Balaban J connectivity index is 1.75. The van der Waals surface area contributed by atoms with Gasteiger partial charge in [-0.15, -0.1) is 10.2 Å². The van der Waals surface area contributed by atoms with Gasteiger partial charge in [-0.3, -0.25) is 10.1 Å². The molecule has 0 radical (unpaired) electrons. The number of carbonyl (C=O) groups excluding carboxylic acids is 1. The second-order valence-corrected chi connectivity index (χ2v) is 6.40. The first-order valence-corrected chi connectivity index (χ1v) is 8.33. The molecule has 0 fully saturated rings. The van der Waals surface area contributed by atoms with Crippen molar-refractivity contribution in [2.75, 3.05) is 5.32 Å². The van der Waals surface area contributed by atoms with Crippen molar-refractivity contribution in [3.63, 3.8) is 0 Å². The van der Waals surface area contributed by atoms with Crippen molar-refractivity contribution in [1.82, 2.24) is 20.0 Å². The Morgan fingerprint density at radius 3 is 2.68 bits per heavy atom. The van der Waals surface area contributed by atoms with E-state index >= 15 is 0 Å². The molecule has 0 saturated carbocycles. The number of hydrogen-bond acceptors (Lipinski definition) is 6. The smallest absolute Gasteiger partial charge is 0.276 e. The largest absolute Gasteiger partial charge is 0.463 e. The van der Waals surface area contributed by atoms with Crippen LogP contribution in [0.3, 0.4) is 0 Å². The van der Waals surface area contributed by atoms with Gasteiger partial charge in [-0.05, 0) is 31.2 Å². The van der Waals surface area contributed by atoms with Crippen molar-refractivity contribution in [3.8, 4) is 17.1 Å². The van der Waals surface area contributed by atoms with Gasteiger partial charge in [0.15, 0.2) is 5.76 Å². The third kappa shape index (κ3) is 3.07. The van der Waals surface area contributed by atoms with Gasteiger partial charge in [-0.1, -0.05) is 29.5 Å². The molecule has 3 heterocycles. The maximum absolute atomic E-state index is 12.7. The lowest BCUT2D eigenvalue weighted by Gasteiger charge is -2.06. The van der Waals surface area contributed by atoms with E-state index in [1.807, 2.05) is 37.3 Å². The number of amides is 1. The minimum Gasteiger partial charge on any atom is -0.463 e. The van der Waals surface area contributed by atoms with Crippen molar-refractivity contribution < 1.29 is 9.21 Å². The van der Waals surface area contributed by atoms with E-state index in [-0.39, 0.29) is 5.91 Å². The van der Waals surface area contributed by atoms with E-state index in [2.05, 4.69) is 20.6 Å². The molecule has 124 valence electrons. The maximum atomic E-state index is 12.7. The van der Waals surface area contributed by atoms with Crippen molar-refractivity contribution in [2.24, 2.45) is 0 Å². The maximum Gasteiger partial charge on any atom is 0.276 e. The Morgan fingerprint density at radius 2 is 2.00 bits per heavy atom. The molecule has 1 N–H and O–H groups in total. The van der Waals surface area contributed by atoms with E-state index in [0.29, 0.717) is 22.3 Å². The summed E-state index contributed by atoms with van der Waals surface area (Å²) in [6.45, 7) is 1.83. The molecule has 1 amide bonds. The number of nitrogens with one attached hydrogen (secondary N) is 1. The molecule has 4 rings (SSSR count). The van der Waals surface area contributed by atoms with E-state index in [9.17, 15) is 4.79 Å². The van der Waals surface area contributed by atoms with Crippen LogP contribution in [-0.4, -0.2) is 25.9 Å². The molecule has 7 nitrogen and oxygen atoms in total. The third-order valence-electron chi connectivity index (χ3n) is 3.46. The summed E-state index contributed by atoms with van der Waals surface area (Å²) in [5, 5.41) is 16.3. The Hall–Kier alpha value is -3.26. The summed E-state index contributed by atoms with van der Waals surface area (Å²) in [4.78, 5) is 12.7. The molecule has 0 spiro atoms. The van der Waals surface area contributed by atoms with Crippen molar-refractivity contribution >= 4 is 22.4 Å². The fourth-order valence-corrected chi connectivity index (χ4v) is 2.95. The average molecular weight is 351 g/mol. The van der Waals surface area contributed by atoms with Gasteiger partial charge < -0.3 is 4.42 Å². The molecular formula is C17H13N5O2S. The number of aromatic nitrogens is 4. The molecule has 25 heavy (non-hydrogen) atoms. The number of benzene rings is 1. The summed E-state index contributed by atoms with van der Waals surface area (Å²) in [5.74, 6) is 0.279. The lowest BCUT2D eigenvalue weighted by Crippen LogP contribution is -2.16. The van der Waals surface area contributed by atoms with Crippen LogP contribution >= 0.6 is 11.3 Å². The van der Waals surface area contributed by atoms with E-state index in [1.165, 1.54) is 11.3 Å². The molecule has 0 atom stereocenters. The molecule has 1 aromatic carbocycles. The molecule has 0 unspecified atom stereocenters. The zero-order chi connectivity index (χ0) is 17.2. The normalized spacial score (nSPS) is 10.8. The summed E-state index contributed by atoms with van der Waals surface area (Å²) in [6.07, 6.45) is 1.57. The Bertz CT molecular complexity index is 1010. The van der Waals surface area contributed by atoms with Gasteiger partial charge in [0.05, 0.1) is 12.0 Å². The minimum absolute atomic E-state index is 0.315. The van der Waals surface area contributed by atoms with Crippen LogP contribution in [0.1, 0.15) is 15.5 Å². The standard InChI is InChI=1S/C17H13N5O2S/c1-11-19-20-17(25-11)18-16(23)14-10-13(15-8-5-9-24-15)21-22(14)12-6-3-2-4-7-12/h2-10H,1H3,(H,18,20,23). The summed E-state index contributed by atoms with van der Waals surface area (Å²) in [7, 11) is 0. The molecule has 0 saturated heterocycles. The van der Waals surface area contributed by atoms with Gasteiger partial charge in [0.1, 0.15) is 16.4 Å². The van der Waals surface area contributed by atoms with Gasteiger partial charge in [0.25, 0.3) is 5.91 Å². The van der Waals surface area contributed by atoms with Crippen LogP contribution in [0.2, 0.25) is 0 Å². The van der Waals surface area contributed by atoms with E-state index in [4.69, 9.17) is 4.42 Å². The summed E-state index contributed by atoms with van der Waals surface area (Å²) in [6, 6.07) is 14.7. The molecule has 0 aliphatic rings. The Morgan fingerprint density at radius 1 is 1.16 bits per heavy atom. The monoisotopic (exact) mass is 351 g/mol. The number of rotatable bonds is 4. The summed E-state index contributed by atoms with van der Waals surface area (Å²) >= 11 is 1.31. The van der Waals surface area contributed by atoms with Gasteiger partial charge in [0, 0.05) is 6.07 Å². The van der Waals surface area contributed by atoms with Crippen LogP contribution in [0, 0.1) is 6.92 Å². The van der Waals surface area contributed by atoms with Crippen LogP contribution in [0.5, 0.6) is 0 Å². The quantitative estimate of drug-likeness (QED) is 0.608. The van der Waals surface area contributed by atoms with Crippen molar-refractivity contribution in [2.45, 2.75) is 6.92 Å². The van der Waals surface area contributed by atoms with E-state index < -0.39 is 0 Å². The highest BCUT2D eigenvalue weighted by Crippen LogP contribution is 2.23. The van der Waals surface area contributed by atoms with Gasteiger partial charge in [-0.25, -0.2) is 4.68 Å². The van der Waals surface area contributed by atoms with E-state index in [0.717, 1.165) is 10.7 Å². The number of carbonyl (C=O) groups is 1. The Kier molecular flexibility index (Phi) is 3.87. The summed E-state index contributed by atoms with van der Waals surface area (Å²) < 4.78 is 6.98. The average Bonchev–Trinajstić information content (AvgIpc) is 3.35.